The van der Waals surface area contributed by atoms with Crippen LogP contribution in [0.3, 0.4) is 0 Å². The molecule has 0 radical (unpaired) electrons. The summed E-state index contributed by atoms with van der Waals surface area (Å²) in [5.74, 6) is 0. The van der Waals surface area contributed by atoms with Crippen LogP contribution in [0, 0.1) is 11.3 Å². The third kappa shape index (κ3) is 3.38. The van der Waals surface area contributed by atoms with Crippen LogP contribution in [0.1, 0.15) is 31.9 Å². The van der Waals surface area contributed by atoms with Crippen molar-refractivity contribution >= 4 is 16.5 Å². The molecule has 1 heterocycles. The first-order chi connectivity index (χ1) is 8.35. The first-order valence-corrected chi connectivity index (χ1v) is 6.78. The number of nitrogens with one attached hydrogen (secondary N) is 1. The number of nitrogens with zero attached hydrogens (tertiary/aromatic N) is 4. The van der Waals surface area contributed by atoms with Crippen LogP contribution < -0.4 is 5.32 Å². The van der Waals surface area contributed by atoms with Gasteiger partial charge >= 0.3 is 0 Å². The van der Waals surface area contributed by atoms with Crippen LogP contribution in [-0.4, -0.2) is 33.6 Å². The van der Waals surface area contributed by atoms with Gasteiger partial charge in [-0.15, -0.1) is 5.10 Å². The van der Waals surface area contributed by atoms with E-state index in [1.165, 1.54) is 24.4 Å². The predicted molar refractivity (Wildman–Crippen MR) is 67.7 cm³/mol. The van der Waals surface area contributed by atoms with Gasteiger partial charge in [-0.1, -0.05) is 4.49 Å². The lowest BCUT2D eigenvalue weighted by atomic mass is 10.3. The Morgan fingerprint density at radius 3 is 3.06 bits per heavy atom. The SMILES string of the molecule is CCNc1snnc1CN(CCC#N)C1CC1. The lowest BCUT2D eigenvalue weighted by molar-refractivity contribution is 0.258. The Balaban J connectivity index is 1.96. The second-order valence-electron chi connectivity index (χ2n) is 4.19. The molecule has 0 amide bonds. The van der Waals surface area contributed by atoms with E-state index in [9.17, 15) is 0 Å². The van der Waals surface area contributed by atoms with E-state index in [1.807, 2.05) is 0 Å². The van der Waals surface area contributed by atoms with Gasteiger partial charge in [0.15, 0.2) is 0 Å². The molecule has 6 heteroatoms. The van der Waals surface area contributed by atoms with Crippen LogP contribution >= 0.6 is 11.5 Å². The van der Waals surface area contributed by atoms with Crippen molar-refractivity contribution in [3.8, 4) is 6.07 Å². The summed E-state index contributed by atoms with van der Waals surface area (Å²) < 4.78 is 3.99. The van der Waals surface area contributed by atoms with E-state index in [4.69, 9.17) is 5.26 Å². The number of hydrogen-bond donors (Lipinski definition) is 1. The van der Waals surface area contributed by atoms with Gasteiger partial charge in [0.05, 0.1) is 6.07 Å². The maximum Gasteiger partial charge on any atom is 0.134 e. The number of anilines is 1. The summed E-state index contributed by atoms with van der Waals surface area (Å²) in [7, 11) is 0. The standard InChI is InChI=1S/C11H17N5S/c1-2-13-11-10(14-15-17-11)8-16(7-3-6-12)9-4-5-9/h9,13H,2-5,7-8H2,1H3. The molecule has 1 saturated carbocycles. The maximum atomic E-state index is 8.67. The minimum Gasteiger partial charge on any atom is -0.374 e. The molecular formula is C11H17N5S. The smallest absolute Gasteiger partial charge is 0.134 e. The van der Waals surface area contributed by atoms with Gasteiger partial charge < -0.3 is 5.32 Å². The summed E-state index contributed by atoms with van der Waals surface area (Å²) in [6.45, 7) is 4.60. The van der Waals surface area contributed by atoms with Gasteiger partial charge in [-0.25, -0.2) is 0 Å². The van der Waals surface area contributed by atoms with Gasteiger partial charge in [-0.05, 0) is 19.8 Å². The average Bonchev–Trinajstić information content (AvgIpc) is 3.08. The molecule has 1 fully saturated rings. The van der Waals surface area contributed by atoms with E-state index in [-0.39, 0.29) is 0 Å². The fourth-order valence-corrected chi connectivity index (χ4v) is 2.46. The van der Waals surface area contributed by atoms with Crippen molar-refractivity contribution in [1.82, 2.24) is 14.5 Å². The highest BCUT2D eigenvalue weighted by Gasteiger charge is 2.29. The first kappa shape index (κ1) is 12.3. The van der Waals surface area contributed by atoms with E-state index in [0.717, 1.165) is 30.3 Å². The molecule has 1 aliphatic rings. The average molecular weight is 251 g/mol. The molecule has 0 atom stereocenters. The lowest BCUT2D eigenvalue weighted by Gasteiger charge is -2.19. The predicted octanol–water partition coefficient (Wildman–Crippen LogP) is 1.85. The molecule has 1 N–H and O–H groups in total. The van der Waals surface area contributed by atoms with Crippen LogP contribution in [0.2, 0.25) is 0 Å². The van der Waals surface area contributed by atoms with Crippen molar-refractivity contribution in [3.63, 3.8) is 0 Å². The van der Waals surface area contributed by atoms with Gasteiger partial charge in [-0.3, -0.25) is 4.90 Å². The number of aromatic nitrogens is 2. The van der Waals surface area contributed by atoms with Gasteiger partial charge in [-0.2, -0.15) is 5.26 Å². The Kier molecular flexibility index (Phi) is 4.29. The summed E-state index contributed by atoms with van der Waals surface area (Å²) in [4.78, 5) is 2.35. The molecule has 1 aliphatic carbocycles. The molecule has 0 bridgehead atoms. The summed E-state index contributed by atoms with van der Waals surface area (Å²) in [6, 6.07) is 2.86. The van der Waals surface area contributed by atoms with E-state index in [1.54, 1.807) is 0 Å². The molecule has 0 aliphatic heterocycles. The van der Waals surface area contributed by atoms with Gasteiger partial charge in [0.25, 0.3) is 0 Å². The van der Waals surface area contributed by atoms with Crippen molar-refractivity contribution in [1.29, 1.82) is 5.26 Å². The zero-order chi connectivity index (χ0) is 12.1. The molecule has 0 spiro atoms. The highest BCUT2D eigenvalue weighted by Crippen LogP contribution is 2.29. The second kappa shape index (κ2) is 5.94. The molecule has 0 saturated heterocycles. The minimum atomic E-state index is 0.588. The number of hydrogen-bond acceptors (Lipinski definition) is 6. The van der Waals surface area contributed by atoms with Gasteiger partial charge in [0, 0.05) is 43.6 Å². The van der Waals surface area contributed by atoms with Crippen LogP contribution in [0.5, 0.6) is 0 Å². The second-order valence-corrected chi connectivity index (χ2v) is 4.94. The summed E-state index contributed by atoms with van der Waals surface area (Å²) in [5.41, 5.74) is 1.02. The Morgan fingerprint density at radius 1 is 1.59 bits per heavy atom. The lowest BCUT2D eigenvalue weighted by Crippen LogP contribution is -2.27. The molecule has 92 valence electrons. The molecule has 2 rings (SSSR count). The van der Waals surface area contributed by atoms with Crippen molar-refractivity contribution in [2.75, 3.05) is 18.4 Å². The van der Waals surface area contributed by atoms with Crippen LogP contribution in [0.25, 0.3) is 0 Å². The van der Waals surface area contributed by atoms with Crippen molar-refractivity contribution in [2.45, 2.75) is 38.8 Å². The zero-order valence-electron chi connectivity index (χ0n) is 10.0. The van der Waals surface area contributed by atoms with Crippen LogP contribution in [-0.2, 0) is 6.54 Å². The number of rotatable bonds is 7. The van der Waals surface area contributed by atoms with E-state index < -0.39 is 0 Å². The van der Waals surface area contributed by atoms with E-state index in [2.05, 4.69) is 32.8 Å². The maximum absolute atomic E-state index is 8.67. The third-order valence-corrected chi connectivity index (χ3v) is 3.55. The zero-order valence-corrected chi connectivity index (χ0v) is 10.8. The largest absolute Gasteiger partial charge is 0.374 e. The molecule has 1 aromatic heterocycles. The van der Waals surface area contributed by atoms with Gasteiger partial charge in [0.2, 0.25) is 0 Å². The minimum absolute atomic E-state index is 0.588. The van der Waals surface area contributed by atoms with Crippen molar-refractivity contribution in [2.24, 2.45) is 0 Å². The van der Waals surface area contributed by atoms with Crippen molar-refractivity contribution < 1.29 is 0 Å². The summed E-state index contributed by atoms with van der Waals surface area (Å²) in [6.07, 6.45) is 3.09. The Bertz CT molecular complexity index is 393. The molecule has 1 aromatic rings. The molecular weight excluding hydrogens is 234 g/mol. The van der Waals surface area contributed by atoms with E-state index in [0.29, 0.717) is 12.5 Å². The van der Waals surface area contributed by atoms with Crippen molar-refractivity contribution in [3.05, 3.63) is 5.69 Å². The topological polar surface area (TPSA) is 64.8 Å². The Hall–Kier alpha value is -1.19. The Labute approximate surface area is 106 Å². The quantitative estimate of drug-likeness (QED) is 0.801. The molecule has 0 aromatic carbocycles. The highest BCUT2D eigenvalue weighted by atomic mass is 32.1. The van der Waals surface area contributed by atoms with Crippen LogP contribution in [0.4, 0.5) is 5.00 Å². The first-order valence-electron chi connectivity index (χ1n) is 6.01. The Morgan fingerprint density at radius 2 is 2.41 bits per heavy atom. The third-order valence-electron chi connectivity index (χ3n) is 2.82. The highest BCUT2D eigenvalue weighted by molar-refractivity contribution is 7.10. The molecule has 5 nitrogen and oxygen atoms in total. The van der Waals surface area contributed by atoms with Gasteiger partial charge in [0.1, 0.15) is 10.7 Å². The summed E-state index contributed by atoms with van der Waals surface area (Å²) >= 11 is 1.41. The summed E-state index contributed by atoms with van der Waals surface area (Å²) in [5, 5.41) is 17.2. The molecule has 0 unspecified atom stereocenters. The fourth-order valence-electron chi connectivity index (χ4n) is 1.82. The molecule has 17 heavy (non-hydrogen) atoms. The number of nitriles is 1. The van der Waals surface area contributed by atoms with Crippen LogP contribution in [0.15, 0.2) is 0 Å². The normalized spacial score (nSPS) is 14.9. The fraction of sp³-hybridized carbons (Fsp3) is 0.727. The van der Waals surface area contributed by atoms with E-state index >= 15 is 0 Å². The monoisotopic (exact) mass is 251 g/mol.